The molecule has 0 radical (unpaired) electrons. The minimum atomic E-state index is 0. The van der Waals surface area contributed by atoms with Crippen molar-refractivity contribution in [1.29, 1.82) is 0 Å². The maximum atomic E-state index is 3.85. The van der Waals surface area contributed by atoms with Crippen LogP contribution in [-0.2, 0) is 18.4 Å². The smallest absolute Gasteiger partial charge is 0.0455 e. The predicted octanol–water partition coefficient (Wildman–Crippen LogP) is 4.53. The number of benzene rings is 2. The summed E-state index contributed by atoms with van der Waals surface area (Å²) in [6.07, 6.45) is 2.17. The van der Waals surface area contributed by atoms with Crippen molar-refractivity contribution in [2.24, 2.45) is 0 Å². The summed E-state index contributed by atoms with van der Waals surface area (Å²) in [4.78, 5) is 0. The molecule has 0 fully saturated rings. The van der Waals surface area contributed by atoms with E-state index in [0.29, 0.717) is 6.04 Å². The van der Waals surface area contributed by atoms with Gasteiger partial charge in [-0.15, -0.1) is 12.4 Å². The monoisotopic (exact) mass is 349 g/mol. The van der Waals surface area contributed by atoms with E-state index < -0.39 is 0 Å². The number of hydrogen-bond donors (Lipinski definition) is 1. The Labute approximate surface area is 134 Å². The Balaban J connectivity index is 0.00000121. The van der Waals surface area contributed by atoms with Crippen LogP contribution in [0.25, 0.3) is 0 Å². The molecule has 4 rings (SSSR count). The summed E-state index contributed by atoms with van der Waals surface area (Å²) in [6, 6.07) is 16.0. The van der Waals surface area contributed by atoms with Crippen LogP contribution in [0.15, 0.2) is 46.9 Å². The Hall–Kier alpha value is -0.830. The van der Waals surface area contributed by atoms with Crippen LogP contribution in [0.4, 0.5) is 0 Å². The summed E-state index contributed by atoms with van der Waals surface area (Å²) in [5.74, 6) is 0. The molecule has 2 unspecified atom stereocenters. The highest BCUT2D eigenvalue weighted by Gasteiger charge is 2.42. The summed E-state index contributed by atoms with van der Waals surface area (Å²) < 4.78 is 1.18. The highest BCUT2D eigenvalue weighted by Crippen LogP contribution is 2.44. The number of halogens is 2. The van der Waals surface area contributed by atoms with Crippen LogP contribution >= 0.6 is 28.3 Å². The van der Waals surface area contributed by atoms with Gasteiger partial charge < -0.3 is 5.32 Å². The molecule has 0 aromatic heterocycles. The molecule has 2 heterocycles. The molecule has 1 nitrogen and oxygen atoms in total. The number of rotatable bonds is 0. The molecule has 0 amide bonds. The normalized spacial score (nSPS) is 26.2. The van der Waals surface area contributed by atoms with Crippen LogP contribution in [0.5, 0.6) is 0 Å². The topological polar surface area (TPSA) is 12.0 Å². The Morgan fingerprint density at radius 1 is 1.15 bits per heavy atom. The minimum absolute atomic E-state index is 0. The molecule has 104 valence electrons. The van der Waals surface area contributed by atoms with E-state index in [1.807, 2.05) is 0 Å². The fourth-order valence-electron chi connectivity index (χ4n) is 3.70. The van der Waals surface area contributed by atoms with Gasteiger partial charge in [0, 0.05) is 16.1 Å². The molecule has 1 N–H and O–H groups in total. The lowest BCUT2D eigenvalue weighted by Crippen LogP contribution is -2.36. The van der Waals surface area contributed by atoms with Gasteiger partial charge in [0.1, 0.15) is 0 Å². The van der Waals surface area contributed by atoms with Crippen LogP contribution < -0.4 is 5.32 Å². The quantitative estimate of drug-likeness (QED) is 0.736. The molecule has 0 aliphatic carbocycles. The number of hydrogen-bond acceptors (Lipinski definition) is 1. The van der Waals surface area contributed by atoms with Crippen LogP contribution in [0.1, 0.15) is 35.2 Å². The molecule has 2 bridgehead atoms. The molecule has 2 aliphatic rings. The van der Waals surface area contributed by atoms with Gasteiger partial charge in [0.05, 0.1) is 0 Å². The molecule has 2 aromatic rings. The summed E-state index contributed by atoms with van der Waals surface area (Å²) in [6.45, 7) is 2.34. The van der Waals surface area contributed by atoms with Gasteiger partial charge in [0.15, 0.2) is 0 Å². The first-order valence-electron chi connectivity index (χ1n) is 6.80. The van der Waals surface area contributed by atoms with Crippen LogP contribution in [-0.4, -0.2) is 0 Å². The summed E-state index contributed by atoms with van der Waals surface area (Å²) in [5.41, 5.74) is 6.00. The molecule has 2 aliphatic heterocycles. The number of fused-ring (bicyclic) bond motifs is 6. The Morgan fingerprint density at radius 2 is 1.90 bits per heavy atom. The Kier molecular flexibility index (Phi) is 3.44. The van der Waals surface area contributed by atoms with E-state index >= 15 is 0 Å². The van der Waals surface area contributed by atoms with Gasteiger partial charge in [-0.2, -0.15) is 0 Å². The van der Waals surface area contributed by atoms with Crippen molar-refractivity contribution in [3.8, 4) is 0 Å². The highest BCUT2D eigenvalue weighted by atomic mass is 79.9. The Bertz CT molecular complexity index is 670. The van der Waals surface area contributed by atoms with E-state index in [0.717, 1.165) is 12.8 Å². The molecule has 3 heteroatoms. The molecule has 2 atom stereocenters. The highest BCUT2D eigenvalue weighted by molar-refractivity contribution is 9.10. The summed E-state index contributed by atoms with van der Waals surface area (Å²) in [7, 11) is 0. The third kappa shape index (κ3) is 2.02. The molecule has 2 aromatic carbocycles. The van der Waals surface area contributed by atoms with Crippen LogP contribution in [0.3, 0.4) is 0 Å². The third-order valence-corrected chi connectivity index (χ3v) is 5.06. The molecular weight excluding hydrogens is 334 g/mol. The van der Waals surface area contributed by atoms with Gasteiger partial charge in [0.2, 0.25) is 0 Å². The lowest BCUT2D eigenvalue weighted by atomic mass is 9.82. The first kappa shape index (κ1) is 14.1. The lowest BCUT2D eigenvalue weighted by molar-refractivity contribution is 0.368. The fraction of sp³-hybridized carbons (Fsp3) is 0.294. The van der Waals surface area contributed by atoms with Gasteiger partial charge >= 0.3 is 0 Å². The molecule has 0 saturated heterocycles. The van der Waals surface area contributed by atoms with Gasteiger partial charge in [-0.3, -0.25) is 0 Å². The van der Waals surface area contributed by atoms with E-state index in [-0.39, 0.29) is 17.9 Å². The molecular formula is C17H17BrClN. The second kappa shape index (κ2) is 4.87. The zero-order valence-corrected chi connectivity index (χ0v) is 13.7. The second-order valence-electron chi connectivity index (χ2n) is 5.91. The van der Waals surface area contributed by atoms with E-state index in [1.54, 1.807) is 0 Å². The maximum Gasteiger partial charge on any atom is 0.0455 e. The van der Waals surface area contributed by atoms with Gasteiger partial charge in [-0.05, 0) is 54.2 Å². The van der Waals surface area contributed by atoms with Gasteiger partial charge in [-0.1, -0.05) is 46.3 Å². The predicted molar refractivity (Wildman–Crippen MR) is 88.5 cm³/mol. The molecule has 20 heavy (non-hydrogen) atoms. The molecule has 0 spiro atoms. The third-order valence-electron chi connectivity index (χ3n) is 4.56. The van der Waals surface area contributed by atoms with Crippen molar-refractivity contribution in [1.82, 2.24) is 5.32 Å². The first-order valence-corrected chi connectivity index (χ1v) is 7.59. The maximum absolute atomic E-state index is 3.85. The minimum Gasteiger partial charge on any atom is -0.300 e. The van der Waals surface area contributed by atoms with Crippen molar-refractivity contribution in [2.75, 3.05) is 0 Å². The molecule has 0 saturated carbocycles. The zero-order valence-electron chi connectivity index (χ0n) is 11.3. The van der Waals surface area contributed by atoms with E-state index in [9.17, 15) is 0 Å². The van der Waals surface area contributed by atoms with E-state index in [1.165, 1.54) is 26.7 Å². The van der Waals surface area contributed by atoms with E-state index in [2.05, 4.69) is 70.6 Å². The average Bonchev–Trinajstić information content (AvgIpc) is 2.55. The van der Waals surface area contributed by atoms with Crippen molar-refractivity contribution in [2.45, 2.75) is 31.3 Å². The van der Waals surface area contributed by atoms with Crippen molar-refractivity contribution < 1.29 is 0 Å². The zero-order chi connectivity index (χ0) is 13.0. The second-order valence-corrected chi connectivity index (χ2v) is 6.83. The van der Waals surface area contributed by atoms with Crippen molar-refractivity contribution in [3.05, 3.63) is 69.2 Å². The van der Waals surface area contributed by atoms with Gasteiger partial charge in [0.25, 0.3) is 0 Å². The summed E-state index contributed by atoms with van der Waals surface area (Å²) >= 11 is 3.60. The Morgan fingerprint density at radius 3 is 2.70 bits per heavy atom. The van der Waals surface area contributed by atoms with Gasteiger partial charge in [-0.25, -0.2) is 0 Å². The fourth-order valence-corrected chi connectivity index (χ4v) is 4.08. The first-order chi connectivity index (χ1) is 9.16. The number of nitrogens with one attached hydrogen (secondary N) is 1. The summed E-state index contributed by atoms with van der Waals surface area (Å²) in [5, 5.41) is 3.85. The van der Waals surface area contributed by atoms with Crippen LogP contribution in [0, 0.1) is 0 Å². The SMILES string of the molecule is CC12Cc3ccccc3CC(N1)c1cc(Br)ccc12.Cl. The van der Waals surface area contributed by atoms with Crippen LogP contribution in [0.2, 0.25) is 0 Å². The van der Waals surface area contributed by atoms with Crippen molar-refractivity contribution in [3.63, 3.8) is 0 Å². The standard InChI is InChI=1S/C17H16BrN.ClH/c1-17-10-12-5-3-2-4-11(12)8-16(19-17)14-9-13(18)6-7-15(14)17;/h2-7,9,16,19H,8,10H2,1H3;1H. The average molecular weight is 351 g/mol. The largest absolute Gasteiger partial charge is 0.300 e. The lowest BCUT2D eigenvalue weighted by Gasteiger charge is -2.26. The van der Waals surface area contributed by atoms with E-state index in [4.69, 9.17) is 0 Å². The van der Waals surface area contributed by atoms with Crippen molar-refractivity contribution >= 4 is 28.3 Å².